The minimum atomic E-state index is -0.980. The Morgan fingerprint density at radius 3 is 2.26 bits per heavy atom. The van der Waals surface area contributed by atoms with E-state index in [9.17, 15) is 15.0 Å². The zero-order valence-corrected chi connectivity index (χ0v) is 20.3. The molecule has 0 saturated carbocycles. The van der Waals surface area contributed by atoms with Crippen LogP contribution in [-0.4, -0.2) is 43.8 Å². The minimum Gasteiger partial charge on any atom is -0.497 e. The molecule has 4 aromatic rings. The van der Waals surface area contributed by atoms with E-state index in [2.05, 4.69) is 10.2 Å². The second-order valence-electron chi connectivity index (χ2n) is 8.33. The molecule has 2 aromatic heterocycles. The summed E-state index contributed by atoms with van der Waals surface area (Å²) in [6, 6.07) is 15.2. The van der Waals surface area contributed by atoms with E-state index >= 15 is 0 Å². The Hall–Kier alpha value is -3.82. The molecular weight excluding hydrogens is 464 g/mol. The lowest BCUT2D eigenvalue weighted by Crippen LogP contribution is -2.11. The second kappa shape index (κ2) is 9.09. The fourth-order valence-electron chi connectivity index (χ4n) is 4.32. The van der Waals surface area contributed by atoms with Gasteiger partial charge in [-0.05, 0) is 42.7 Å². The molecule has 2 N–H and O–H groups in total. The van der Waals surface area contributed by atoms with Crippen molar-refractivity contribution in [2.75, 3.05) is 7.11 Å². The highest BCUT2D eigenvalue weighted by Crippen LogP contribution is 2.39. The molecule has 1 atom stereocenters. The van der Waals surface area contributed by atoms with Crippen LogP contribution in [0.1, 0.15) is 45.7 Å². The first-order valence-electron chi connectivity index (χ1n) is 11.1. The van der Waals surface area contributed by atoms with Gasteiger partial charge in [-0.3, -0.25) is 14.4 Å². The Morgan fingerprint density at radius 2 is 1.66 bits per heavy atom. The minimum absolute atomic E-state index is 0.232. The summed E-state index contributed by atoms with van der Waals surface area (Å²) in [7, 11) is 1.64. The molecule has 0 spiro atoms. The summed E-state index contributed by atoms with van der Waals surface area (Å²) >= 11 is 1.56. The van der Waals surface area contributed by atoms with E-state index in [0.29, 0.717) is 17.4 Å². The van der Waals surface area contributed by atoms with Gasteiger partial charge < -0.3 is 14.9 Å². The summed E-state index contributed by atoms with van der Waals surface area (Å²) in [5, 5.41) is 28.7. The summed E-state index contributed by atoms with van der Waals surface area (Å²) in [4.78, 5) is 17.8. The monoisotopic (exact) mass is 488 g/mol. The van der Waals surface area contributed by atoms with Crippen molar-refractivity contribution in [3.8, 4) is 21.9 Å². The first-order valence-corrected chi connectivity index (χ1v) is 11.9. The number of aliphatic hydroxyl groups is 1. The third kappa shape index (κ3) is 4.02. The molecule has 8 nitrogen and oxygen atoms in total. The van der Waals surface area contributed by atoms with Crippen LogP contribution in [0.2, 0.25) is 0 Å². The number of nitrogens with zero attached hydrogens (tertiary/aromatic N) is 4. The van der Waals surface area contributed by atoms with Crippen LogP contribution in [0.5, 0.6) is 5.75 Å². The van der Waals surface area contributed by atoms with Crippen molar-refractivity contribution in [3.05, 3.63) is 81.7 Å². The van der Waals surface area contributed by atoms with Crippen LogP contribution in [0.4, 0.5) is 0 Å². The van der Waals surface area contributed by atoms with E-state index in [1.54, 1.807) is 23.0 Å². The number of methoxy groups -OCH3 is 1. The summed E-state index contributed by atoms with van der Waals surface area (Å²) < 4.78 is 7.03. The van der Waals surface area contributed by atoms with Gasteiger partial charge in [0.25, 0.3) is 0 Å². The van der Waals surface area contributed by atoms with Crippen molar-refractivity contribution < 1.29 is 19.7 Å². The van der Waals surface area contributed by atoms with Crippen LogP contribution < -0.4 is 4.74 Å². The quantitative estimate of drug-likeness (QED) is 0.414. The van der Waals surface area contributed by atoms with Crippen molar-refractivity contribution in [2.24, 2.45) is 4.99 Å². The van der Waals surface area contributed by atoms with Gasteiger partial charge in [0.05, 0.1) is 19.2 Å². The predicted molar refractivity (Wildman–Crippen MR) is 134 cm³/mol. The molecule has 1 aliphatic heterocycles. The Balaban J connectivity index is 1.65. The third-order valence-corrected chi connectivity index (χ3v) is 7.43. The van der Waals surface area contributed by atoms with Crippen molar-refractivity contribution in [1.29, 1.82) is 0 Å². The lowest BCUT2D eigenvalue weighted by Gasteiger charge is -2.11. The van der Waals surface area contributed by atoms with Gasteiger partial charge in [-0.25, -0.2) is 0 Å². The van der Waals surface area contributed by atoms with Gasteiger partial charge in [0.2, 0.25) is 0 Å². The molecule has 0 radical (unpaired) electrons. The number of rotatable bonds is 6. The Kier molecular flexibility index (Phi) is 5.96. The highest BCUT2D eigenvalue weighted by atomic mass is 32.1. The van der Waals surface area contributed by atoms with Crippen molar-refractivity contribution in [1.82, 2.24) is 14.8 Å². The van der Waals surface area contributed by atoms with Crippen LogP contribution in [0.25, 0.3) is 16.1 Å². The first kappa shape index (κ1) is 22.9. The molecule has 5 rings (SSSR count). The number of benzene rings is 2. The average molecular weight is 489 g/mol. The standard InChI is InChI=1S/C26H24N4O4S/c1-14-15(2)35-26-23(14)24(27-20(12-22(32)33)25-29-28-21(13-31)30(25)26)18-6-4-16(5-7-18)17-8-10-19(34-3)11-9-17/h4-11,20,31H,12-13H2,1-3H3,(H,32,33)/t20-/m0/s1. The van der Waals surface area contributed by atoms with Crippen LogP contribution in [0.15, 0.2) is 53.5 Å². The number of aliphatic hydroxyl groups excluding tert-OH is 1. The number of aliphatic imine (C=N–C) groups is 1. The maximum atomic E-state index is 11.7. The number of fused-ring (bicyclic) bond motifs is 3. The normalized spacial score (nSPS) is 14.6. The lowest BCUT2D eigenvalue weighted by molar-refractivity contribution is -0.137. The molecule has 1 aliphatic rings. The molecule has 0 aliphatic carbocycles. The highest BCUT2D eigenvalue weighted by Gasteiger charge is 2.32. The summed E-state index contributed by atoms with van der Waals surface area (Å²) in [6.45, 7) is 3.76. The van der Waals surface area contributed by atoms with E-state index < -0.39 is 12.0 Å². The number of hydrogen-bond acceptors (Lipinski definition) is 7. The van der Waals surface area contributed by atoms with Crippen LogP contribution in [0.3, 0.4) is 0 Å². The molecule has 178 valence electrons. The van der Waals surface area contributed by atoms with Gasteiger partial charge in [0.1, 0.15) is 23.4 Å². The molecule has 3 heterocycles. The van der Waals surface area contributed by atoms with Gasteiger partial charge in [-0.15, -0.1) is 21.5 Å². The average Bonchev–Trinajstić information content (AvgIpc) is 3.38. The van der Waals surface area contributed by atoms with Gasteiger partial charge in [-0.2, -0.15) is 0 Å². The molecule has 0 amide bonds. The Morgan fingerprint density at radius 1 is 1.03 bits per heavy atom. The van der Waals surface area contributed by atoms with Gasteiger partial charge in [-0.1, -0.05) is 36.4 Å². The summed E-state index contributed by atoms with van der Waals surface area (Å²) in [6.07, 6.45) is -0.232. The van der Waals surface area contributed by atoms with Crippen molar-refractivity contribution in [3.63, 3.8) is 0 Å². The van der Waals surface area contributed by atoms with Gasteiger partial charge in [0, 0.05) is 16.0 Å². The maximum Gasteiger partial charge on any atom is 0.306 e. The topological polar surface area (TPSA) is 110 Å². The van der Waals surface area contributed by atoms with Crippen molar-refractivity contribution >= 4 is 23.0 Å². The number of aryl methyl sites for hydroxylation is 1. The zero-order chi connectivity index (χ0) is 24.7. The van der Waals surface area contributed by atoms with E-state index in [0.717, 1.165) is 43.4 Å². The van der Waals surface area contributed by atoms with E-state index in [1.165, 1.54) is 0 Å². The number of aromatic nitrogens is 3. The Bertz CT molecular complexity index is 1440. The SMILES string of the molecule is COc1ccc(-c2ccc(C3=N[C@@H](CC(=O)O)c4nnc(CO)n4-c4sc(C)c(C)c43)cc2)cc1. The van der Waals surface area contributed by atoms with E-state index in [1.807, 2.05) is 62.4 Å². The lowest BCUT2D eigenvalue weighted by atomic mass is 9.97. The number of aliphatic carboxylic acids is 1. The third-order valence-electron chi connectivity index (χ3n) is 6.24. The largest absolute Gasteiger partial charge is 0.497 e. The number of carboxylic acid groups (broad SMARTS) is 1. The number of carboxylic acids is 1. The fourth-order valence-corrected chi connectivity index (χ4v) is 5.51. The maximum absolute atomic E-state index is 11.7. The number of hydrogen-bond donors (Lipinski definition) is 2. The molecule has 0 bridgehead atoms. The predicted octanol–water partition coefficient (Wildman–Crippen LogP) is 4.48. The Labute approximate surface area is 206 Å². The van der Waals surface area contributed by atoms with Crippen LogP contribution in [0, 0.1) is 13.8 Å². The van der Waals surface area contributed by atoms with Gasteiger partial charge >= 0.3 is 5.97 Å². The van der Waals surface area contributed by atoms with Crippen LogP contribution in [-0.2, 0) is 11.4 Å². The molecule has 35 heavy (non-hydrogen) atoms. The van der Waals surface area contributed by atoms with Gasteiger partial charge in [0.15, 0.2) is 11.6 Å². The smallest absolute Gasteiger partial charge is 0.306 e. The number of thiophene rings is 1. The molecule has 0 saturated heterocycles. The highest BCUT2D eigenvalue weighted by molar-refractivity contribution is 7.15. The number of ether oxygens (including phenoxy) is 1. The molecule has 0 fully saturated rings. The molecular formula is C26H24N4O4S. The molecule has 0 unspecified atom stereocenters. The van der Waals surface area contributed by atoms with Crippen LogP contribution >= 0.6 is 11.3 Å². The summed E-state index contributed by atoms with van der Waals surface area (Å²) in [5.41, 5.74) is 5.67. The number of carbonyl (C=O) groups is 1. The first-order chi connectivity index (χ1) is 16.9. The fraction of sp³-hybridized carbons (Fsp3) is 0.231. The zero-order valence-electron chi connectivity index (χ0n) is 19.5. The molecule has 9 heteroatoms. The van der Waals surface area contributed by atoms with E-state index in [-0.39, 0.29) is 13.0 Å². The van der Waals surface area contributed by atoms with Crippen molar-refractivity contribution in [2.45, 2.75) is 32.9 Å². The summed E-state index contributed by atoms with van der Waals surface area (Å²) in [5.74, 6) is 0.604. The second-order valence-corrected chi connectivity index (χ2v) is 9.53. The molecule has 2 aromatic carbocycles. The van der Waals surface area contributed by atoms with E-state index in [4.69, 9.17) is 9.73 Å².